The molecule has 28 heavy (non-hydrogen) atoms. The Balaban J connectivity index is 1.63. The Labute approximate surface area is 160 Å². The molecule has 1 heterocycles. The van der Waals surface area contributed by atoms with Crippen molar-refractivity contribution in [3.63, 3.8) is 0 Å². The minimum atomic E-state index is -2.89. The minimum Gasteiger partial charge on any atom is -0.489 e. The topological polar surface area (TPSA) is 73.6 Å². The molecule has 0 saturated carbocycles. The molecule has 0 aliphatic carbocycles. The van der Waals surface area contributed by atoms with Crippen molar-refractivity contribution < 1.29 is 27.6 Å². The van der Waals surface area contributed by atoms with Crippen molar-refractivity contribution in [3.8, 4) is 11.5 Å². The van der Waals surface area contributed by atoms with Gasteiger partial charge in [-0.3, -0.25) is 4.79 Å². The molecule has 1 amide bonds. The van der Waals surface area contributed by atoms with Crippen LogP contribution in [0.5, 0.6) is 11.5 Å². The number of aryl methyl sites for hydroxylation is 2. The zero-order chi connectivity index (χ0) is 20.1. The van der Waals surface area contributed by atoms with Gasteiger partial charge in [-0.25, -0.2) is 0 Å². The average Bonchev–Trinajstić information content (AvgIpc) is 2.99. The molecule has 3 rings (SSSR count). The molecular weight excluding hydrogens is 370 g/mol. The van der Waals surface area contributed by atoms with Gasteiger partial charge in [-0.1, -0.05) is 11.2 Å². The Hall–Kier alpha value is -3.42. The highest BCUT2D eigenvalue weighted by atomic mass is 19.3. The zero-order valence-corrected chi connectivity index (χ0v) is 15.2. The van der Waals surface area contributed by atoms with E-state index in [1.54, 1.807) is 31.2 Å². The molecule has 1 aromatic heterocycles. The maximum Gasteiger partial charge on any atom is 0.387 e. The summed E-state index contributed by atoms with van der Waals surface area (Å²) in [6.45, 7) is 1.02. The van der Waals surface area contributed by atoms with E-state index in [-0.39, 0.29) is 18.3 Å². The van der Waals surface area contributed by atoms with E-state index in [1.165, 1.54) is 24.3 Å². The van der Waals surface area contributed by atoms with Gasteiger partial charge in [0.1, 0.15) is 23.9 Å². The normalized spacial score (nSPS) is 10.8. The van der Waals surface area contributed by atoms with E-state index in [0.29, 0.717) is 22.8 Å². The highest BCUT2D eigenvalue weighted by molar-refractivity contribution is 6.04. The first-order chi connectivity index (χ1) is 13.4. The van der Waals surface area contributed by atoms with Gasteiger partial charge in [0.15, 0.2) is 0 Å². The molecule has 0 unspecified atom stereocenters. The lowest BCUT2D eigenvalue weighted by atomic mass is 10.2. The summed E-state index contributed by atoms with van der Waals surface area (Å²) in [5.74, 6) is 0.868. The first kappa shape index (κ1) is 19.3. The van der Waals surface area contributed by atoms with Crippen molar-refractivity contribution in [1.29, 1.82) is 0 Å². The van der Waals surface area contributed by atoms with E-state index >= 15 is 0 Å². The molecule has 6 nitrogen and oxygen atoms in total. The van der Waals surface area contributed by atoms with Crippen LogP contribution in [0.3, 0.4) is 0 Å². The van der Waals surface area contributed by atoms with Gasteiger partial charge in [0.2, 0.25) is 0 Å². The van der Waals surface area contributed by atoms with Gasteiger partial charge in [-0.2, -0.15) is 8.78 Å². The zero-order valence-electron chi connectivity index (χ0n) is 15.2. The maximum absolute atomic E-state index is 12.4. The number of carbonyl (C=O) groups excluding carboxylic acids is 1. The summed E-state index contributed by atoms with van der Waals surface area (Å²) in [5, 5.41) is 6.56. The number of hydrogen-bond donors (Lipinski definition) is 1. The smallest absolute Gasteiger partial charge is 0.387 e. The molecule has 0 aliphatic heterocycles. The molecule has 0 radical (unpaired) electrons. The fraction of sp³-hybridized carbons (Fsp3) is 0.200. The van der Waals surface area contributed by atoms with Crippen LogP contribution in [0.25, 0.3) is 0 Å². The third-order valence-electron chi connectivity index (χ3n) is 4.00. The number of anilines is 1. The SMILES string of the molecule is Cc1noc(C)c1COc1cccc(C(=O)Nc2ccc(OC(F)F)cc2)c1. The van der Waals surface area contributed by atoms with Gasteiger partial charge in [0.05, 0.1) is 11.3 Å². The fourth-order valence-electron chi connectivity index (χ4n) is 2.51. The standard InChI is InChI=1S/C20H18F2N2O4/c1-12-18(13(2)28-24-12)11-26-17-5-3-4-14(10-17)19(25)23-15-6-8-16(9-7-15)27-20(21)22/h3-10,20H,11H2,1-2H3,(H,23,25). The van der Waals surface area contributed by atoms with E-state index in [9.17, 15) is 13.6 Å². The van der Waals surface area contributed by atoms with E-state index in [1.807, 2.05) is 6.92 Å². The van der Waals surface area contributed by atoms with Crippen molar-refractivity contribution >= 4 is 11.6 Å². The lowest BCUT2D eigenvalue weighted by Crippen LogP contribution is -2.12. The fourth-order valence-corrected chi connectivity index (χ4v) is 2.51. The van der Waals surface area contributed by atoms with Gasteiger partial charge in [-0.15, -0.1) is 0 Å². The molecule has 3 aromatic rings. The molecule has 146 valence electrons. The number of carbonyl (C=O) groups is 1. The molecule has 0 spiro atoms. The molecule has 0 fully saturated rings. The van der Waals surface area contributed by atoms with E-state index in [0.717, 1.165) is 11.3 Å². The van der Waals surface area contributed by atoms with Gasteiger partial charge in [-0.05, 0) is 56.3 Å². The van der Waals surface area contributed by atoms with Crippen molar-refractivity contribution in [2.45, 2.75) is 27.1 Å². The highest BCUT2D eigenvalue weighted by Crippen LogP contribution is 2.21. The van der Waals surface area contributed by atoms with Crippen molar-refractivity contribution in [2.75, 3.05) is 5.32 Å². The molecule has 8 heteroatoms. The Morgan fingerprint density at radius 3 is 2.54 bits per heavy atom. The van der Waals surface area contributed by atoms with Gasteiger partial charge in [0.25, 0.3) is 5.91 Å². The lowest BCUT2D eigenvalue weighted by Gasteiger charge is -2.09. The minimum absolute atomic E-state index is 0.0164. The molecule has 2 aromatic carbocycles. The van der Waals surface area contributed by atoms with E-state index < -0.39 is 6.61 Å². The third kappa shape index (κ3) is 4.85. The summed E-state index contributed by atoms with van der Waals surface area (Å²) in [7, 11) is 0. The number of nitrogens with one attached hydrogen (secondary N) is 1. The van der Waals surface area contributed by atoms with Crippen molar-refractivity contribution in [1.82, 2.24) is 5.16 Å². The summed E-state index contributed by atoms with van der Waals surface area (Å²) in [6, 6.07) is 12.4. The maximum atomic E-state index is 12.4. The number of ether oxygens (including phenoxy) is 2. The molecular formula is C20H18F2N2O4. The first-order valence-electron chi connectivity index (χ1n) is 8.43. The summed E-state index contributed by atoms with van der Waals surface area (Å²) in [6.07, 6.45) is 0. The van der Waals surface area contributed by atoms with Crippen LogP contribution >= 0.6 is 0 Å². The molecule has 0 saturated heterocycles. The number of halogens is 2. The van der Waals surface area contributed by atoms with Gasteiger partial charge < -0.3 is 19.3 Å². The number of nitrogens with zero attached hydrogens (tertiary/aromatic N) is 1. The summed E-state index contributed by atoms with van der Waals surface area (Å²) in [4.78, 5) is 12.4. The Morgan fingerprint density at radius 1 is 1.14 bits per heavy atom. The number of hydrogen-bond acceptors (Lipinski definition) is 5. The third-order valence-corrected chi connectivity index (χ3v) is 4.00. The Morgan fingerprint density at radius 2 is 1.89 bits per heavy atom. The van der Waals surface area contributed by atoms with Crippen LogP contribution in [0.1, 0.15) is 27.4 Å². The molecule has 0 atom stereocenters. The van der Waals surface area contributed by atoms with Crippen LogP contribution < -0.4 is 14.8 Å². The van der Waals surface area contributed by atoms with Crippen molar-refractivity contribution in [2.24, 2.45) is 0 Å². The Bertz CT molecular complexity index is 936. The van der Waals surface area contributed by atoms with Crippen molar-refractivity contribution in [3.05, 3.63) is 71.1 Å². The van der Waals surface area contributed by atoms with E-state index in [2.05, 4.69) is 15.2 Å². The highest BCUT2D eigenvalue weighted by Gasteiger charge is 2.12. The first-order valence-corrected chi connectivity index (χ1v) is 8.43. The number of amides is 1. The lowest BCUT2D eigenvalue weighted by molar-refractivity contribution is -0.0498. The summed E-state index contributed by atoms with van der Waals surface area (Å²) < 4.78 is 39.5. The average molecular weight is 388 g/mol. The van der Waals surface area contributed by atoms with E-state index in [4.69, 9.17) is 9.26 Å². The number of benzene rings is 2. The van der Waals surface area contributed by atoms with Gasteiger partial charge in [0, 0.05) is 11.3 Å². The quantitative estimate of drug-likeness (QED) is 0.634. The van der Waals surface area contributed by atoms with Crippen LogP contribution in [-0.2, 0) is 6.61 Å². The molecule has 0 aliphatic rings. The predicted octanol–water partition coefficient (Wildman–Crippen LogP) is 4.72. The number of aromatic nitrogens is 1. The Kier molecular flexibility index (Phi) is 5.88. The van der Waals surface area contributed by atoms with Gasteiger partial charge >= 0.3 is 6.61 Å². The van der Waals surface area contributed by atoms with Crippen LogP contribution in [-0.4, -0.2) is 17.7 Å². The van der Waals surface area contributed by atoms with Crippen LogP contribution in [0.2, 0.25) is 0 Å². The number of alkyl halides is 2. The molecule has 0 bridgehead atoms. The molecule has 1 N–H and O–H groups in total. The summed E-state index contributed by atoms with van der Waals surface area (Å²) >= 11 is 0. The monoisotopic (exact) mass is 388 g/mol. The number of rotatable bonds is 7. The predicted molar refractivity (Wildman–Crippen MR) is 97.8 cm³/mol. The second-order valence-corrected chi connectivity index (χ2v) is 5.98. The largest absolute Gasteiger partial charge is 0.489 e. The van der Waals surface area contributed by atoms with Crippen LogP contribution in [0, 0.1) is 13.8 Å². The second-order valence-electron chi connectivity index (χ2n) is 5.98. The summed E-state index contributed by atoms with van der Waals surface area (Å²) in [5.41, 5.74) is 2.46. The second kappa shape index (κ2) is 8.51. The van der Waals surface area contributed by atoms with Crippen LogP contribution in [0.15, 0.2) is 53.1 Å². The van der Waals surface area contributed by atoms with Crippen LogP contribution in [0.4, 0.5) is 14.5 Å².